The van der Waals surface area contributed by atoms with Gasteiger partial charge in [-0.3, -0.25) is 9.59 Å². The van der Waals surface area contributed by atoms with Crippen LogP contribution in [-0.4, -0.2) is 30.1 Å². The van der Waals surface area contributed by atoms with Gasteiger partial charge in [0.05, 0.1) is 40.5 Å². The number of allylic oxidation sites excluding steroid dienone is 2. The van der Waals surface area contributed by atoms with Gasteiger partial charge in [-0.1, -0.05) is 54.2 Å². The molecule has 0 saturated heterocycles. The number of thioether (sulfide) groups is 1. The molecule has 0 radical (unpaired) electrons. The molecule has 2 amide bonds. The number of carbonyl (C=O) groups excluding carboxylic acids is 3. The van der Waals surface area contributed by atoms with E-state index in [-0.39, 0.29) is 24.2 Å². The highest BCUT2D eigenvalue weighted by Gasteiger charge is 2.34. The molecule has 0 spiro atoms. The number of nitrogens with one attached hydrogen (secondary N) is 3. The third-order valence-corrected chi connectivity index (χ3v) is 7.35. The lowest BCUT2D eigenvalue weighted by Crippen LogP contribution is -2.31. The maximum absolute atomic E-state index is 13.6. The predicted molar refractivity (Wildman–Crippen MR) is 161 cm³/mol. The largest absolute Gasteiger partial charge is 0.462 e. The van der Waals surface area contributed by atoms with E-state index in [0.29, 0.717) is 38.8 Å². The molecule has 0 bridgehead atoms. The van der Waals surface area contributed by atoms with E-state index in [0.717, 1.165) is 11.1 Å². The third kappa shape index (κ3) is 7.24. The molecule has 9 heteroatoms. The molecule has 8 nitrogen and oxygen atoms in total. The molecule has 1 atom stereocenters. The van der Waals surface area contributed by atoms with Crippen LogP contribution < -0.4 is 16.0 Å². The predicted octanol–water partition coefficient (Wildman–Crippen LogP) is 5.88. The molecule has 3 aromatic rings. The molecule has 1 aliphatic rings. The summed E-state index contributed by atoms with van der Waals surface area (Å²) in [6.45, 7) is 5.73. The summed E-state index contributed by atoms with van der Waals surface area (Å²) < 4.78 is 5.02. The minimum absolute atomic E-state index is 0.0740. The number of hydrogen-bond acceptors (Lipinski definition) is 7. The molecule has 4 rings (SSSR count). The van der Waals surface area contributed by atoms with Crippen LogP contribution in [0.5, 0.6) is 0 Å². The van der Waals surface area contributed by atoms with Gasteiger partial charge >= 0.3 is 5.97 Å². The first kappa shape index (κ1) is 29.2. The molecule has 0 aromatic heterocycles. The number of rotatable bonds is 9. The topological polar surface area (TPSA) is 120 Å². The summed E-state index contributed by atoms with van der Waals surface area (Å²) >= 11 is 1.21. The van der Waals surface area contributed by atoms with Crippen LogP contribution in [0.15, 0.2) is 101 Å². The first-order valence-electron chi connectivity index (χ1n) is 13.1. The molecule has 1 heterocycles. The fraction of sp³-hybridized carbons (Fsp3) is 0.188. The zero-order valence-electron chi connectivity index (χ0n) is 23.0. The van der Waals surface area contributed by atoms with E-state index in [4.69, 9.17) is 4.74 Å². The Hall–Kier alpha value is -4.81. The SMILES string of the molecule is CCOC(=O)c1ccc(NC(=O)C2=C(C)NC(SCC(=O)Nc3cccc(C)c3)=C(C#N)C2c2ccccc2)cc1. The van der Waals surface area contributed by atoms with E-state index in [2.05, 4.69) is 22.0 Å². The third-order valence-electron chi connectivity index (χ3n) is 6.33. The van der Waals surface area contributed by atoms with Crippen molar-refractivity contribution in [2.45, 2.75) is 26.7 Å². The van der Waals surface area contributed by atoms with E-state index in [9.17, 15) is 19.6 Å². The van der Waals surface area contributed by atoms with E-state index in [1.165, 1.54) is 11.8 Å². The second-order valence-corrected chi connectivity index (χ2v) is 10.3. The standard InChI is InChI=1S/C32H30N4O4S/c1-4-40-32(39)23-13-15-24(16-14-23)36-30(38)28-21(3)34-31(26(18-33)29(28)22-10-6-5-7-11-22)41-19-27(37)35-25-12-8-9-20(2)17-25/h5-17,29,34H,4,19H2,1-3H3,(H,35,37)(H,36,38). The number of dihydropyridines is 1. The van der Waals surface area contributed by atoms with Crippen molar-refractivity contribution < 1.29 is 19.1 Å². The first-order chi connectivity index (χ1) is 19.8. The summed E-state index contributed by atoms with van der Waals surface area (Å²) in [5.74, 6) is -1.61. The van der Waals surface area contributed by atoms with Gasteiger partial charge in [0.1, 0.15) is 0 Å². The first-order valence-corrected chi connectivity index (χ1v) is 14.0. The highest BCUT2D eigenvalue weighted by Crippen LogP contribution is 2.41. The molecule has 1 aliphatic heterocycles. The number of amides is 2. The second-order valence-electron chi connectivity index (χ2n) is 9.32. The molecular formula is C32H30N4O4S. The molecule has 1 unspecified atom stereocenters. The number of anilines is 2. The Morgan fingerprint density at radius 3 is 2.34 bits per heavy atom. The van der Waals surface area contributed by atoms with Crippen molar-refractivity contribution in [1.29, 1.82) is 5.26 Å². The Bertz CT molecular complexity index is 1560. The Morgan fingerprint density at radius 2 is 1.68 bits per heavy atom. The van der Waals surface area contributed by atoms with Crippen LogP contribution in [0.25, 0.3) is 0 Å². The number of nitriles is 1. The number of nitrogens with zero attached hydrogens (tertiary/aromatic N) is 1. The summed E-state index contributed by atoms with van der Waals surface area (Å²) in [7, 11) is 0. The maximum atomic E-state index is 13.6. The van der Waals surface area contributed by atoms with E-state index in [1.807, 2.05) is 61.5 Å². The zero-order chi connectivity index (χ0) is 29.4. The average molecular weight is 567 g/mol. The van der Waals surface area contributed by atoms with Crippen molar-refractivity contribution in [3.05, 3.63) is 117 Å². The molecule has 3 N–H and O–H groups in total. The minimum atomic E-state index is -0.649. The van der Waals surface area contributed by atoms with Gasteiger partial charge in [0.15, 0.2) is 0 Å². The lowest BCUT2D eigenvalue weighted by molar-refractivity contribution is -0.114. The summed E-state index contributed by atoms with van der Waals surface area (Å²) in [6, 6.07) is 25.6. The van der Waals surface area contributed by atoms with Crippen molar-refractivity contribution >= 4 is 40.9 Å². The van der Waals surface area contributed by atoms with Gasteiger partial charge in [-0.15, -0.1) is 0 Å². The van der Waals surface area contributed by atoms with Gasteiger partial charge in [-0.05, 0) is 68.3 Å². The van der Waals surface area contributed by atoms with Gasteiger partial charge in [0, 0.05) is 22.6 Å². The van der Waals surface area contributed by atoms with E-state index in [1.54, 1.807) is 38.1 Å². The Balaban J connectivity index is 1.57. The van der Waals surface area contributed by atoms with Crippen molar-refractivity contribution in [1.82, 2.24) is 5.32 Å². The zero-order valence-corrected chi connectivity index (χ0v) is 23.8. The van der Waals surface area contributed by atoms with Crippen LogP contribution in [-0.2, 0) is 14.3 Å². The monoisotopic (exact) mass is 566 g/mol. The maximum Gasteiger partial charge on any atom is 0.338 e. The molecule has 0 saturated carbocycles. The number of aryl methyl sites for hydroxylation is 1. The van der Waals surface area contributed by atoms with Crippen molar-refractivity contribution in [2.24, 2.45) is 0 Å². The van der Waals surface area contributed by atoms with E-state index < -0.39 is 11.9 Å². The lowest BCUT2D eigenvalue weighted by atomic mass is 9.82. The summed E-state index contributed by atoms with van der Waals surface area (Å²) in [5, 5.41) is 19.8. The van der Waals surface area contributed by atoms with Crippen LogP contribution in [0.1, 0.15) is 41.3 Å². The summed E-state index contributed by atoms with van der Waals surface area (Å²) in [5.41, 5.74) is 4.68. The second kappa shape index (κ2) is 13.5. The summed E-state index contributed by atoms with van der Waals surface area (Å²) in [6.07, 6.45) is 0. The smallest absolute Gasteiger partial charge is 0.338 e. The van der Waals surface area contributed by atoms with Gasteiger partial charge in [0.2, 0.25) is 5.91 Å². The molecule has 3 aromatic carbocycles. The minimum Gasteiger partial charge on any atom is -0.462 e. The van der Waals surface area contributed by atoms with Gasteiger partial charge < -0.3 is 20.7 Å². The molecule has 0 fully saturated rings. The number of benzene rings is 3. The van der Waals surface area contributed by atoms with Gasteiger partial charge in [-0.25, -0.2) is 4.79 Å². The Kier molecular flexibility index (Phi) is 9.61. The van der Waals surface area contributed by atoms with Crippen LogP contribution in [0, 0.1) is 18.3 Å². The van der Waals surface area contributed by atoms with Crippen LogP contribution >= 0.6 is 11.8 Å². The van der Waals surface area contributed by atoms with Crippen LogP contribution in [0.4, 0.5) is 11.4 Å². The Morgan fingerprint density at radius 1 is 0.951 bits per heavy atom. The molecular weight excluding hydrogens is 536 g/mol. The van der Waals surface area contributed by atoms with Crippen LogP contribution in [0.3, 0.4) is 0 Å². The fourth-order valence-electron chi connectivity index (χ4n) is 4.47. The number of carbonyl (C=O) groups is 3. The van der Waals surface area contributed by atoms with Crippen LogP contribution in [0.2, 0.25) is 0 Å². The molecule has 41 heavy (non-hydrogen) atoms. The lowest BCUT2D eigenvalue weighted by Gasteiger charge is -2.30. The number of hydrogen-bond donors (Lipinski definition) is 3. The quantitative estimate of drug-likeness (QED) is 0.277. The molecule has 0 aliphatic carbocycles. The fourth-order valence-corrected chi connectivity index (χ4v) is 5.36. The van der Waals surface area contributed by atoms with Gasteiger partial charge in [-0.2, -0.15) is 5.26 Å². The van der Waals surface area contributed by atoms with Crippen molar-refractivity contribution in [3.63, 3.8) is 0 Å². The highest BCUT2D eigenvalue weighted by atomic mass is 32.2. The van der Waals surface area contributed by atoms with Gasteiger partial charge in [0.25, 0.3) is 5.91 Å². The van der Waals surface area contributed by atoms with E-state index >= 15 is 0 Å². The number of esters is 1. The summed E-state index contributed by atoms with van der Waals surface area (Å²) in [4.78, 5) is 38.3. The average Bonchev–Trinajstić information content (AvgIpc) is 2.96. The normalized spacial score (nSPS) is 14.5. The number of ether oxygens (including phenoxy) is 1. The molecule has 208 valence electrons. The Labute approximate surface area is 243 Å². The highest BCUT2D eigenvalue weighted by molar-refractivity contribution is 8.03. The van der Waals surface area contributed by atoms with Crippen molar-refractivity contribution in [3.8, 4) is 6.07 Å². The van der Waals surface area contributed by atoms with Crippen molar-refractivity contribution in [2.75, 3.05) is 23.0 Å².